The number of phosphoric ester groups is 1. The normalized spacial score (nSPS) is 14.3. The second kappa shape index (κ2) is 40.6. The molecule has 0 bridgehead atoms. The zero-order valence-electron chi connectivity index (χ0n) is 38.6. The summed E-state index contributed by atoms with van der Waals surface area (Å²) in [5, 5.41) is 13.9. The first-order valence-corrected chi connectivity index (χ1v) is 26.0. The summed E-state index contributed by atoms with van der Waals surface area (Å²) in [4.78, 5) is 25.3. The van der Waals surface area contributed by atoms with Gasteiger partial charge in [-0.2, -0.15) is 0 Å². The van der Waals surface area contributed by atoms with Crippen molar-refractivity contribution in [2.75, 3.05) is 40.9 Å². The summed E-state index contributed by atoms with van der Waals surface area (Å²) in [6, 6.07) is -0.796. The second-order valence-corrected chi connectivity index (χ2v) is 19.6. The maximum Gasteiger partial charge on any atom is 0.268 e. The molecule has 0 saturated heterocycles. The van der Waals surface area contributed by atoms with Gasteiger partial charge in [0, 0.05) is 6.42 Å². The highest BCUT2D eigenvalue weighted by Crippen LogP contribution is 2.38. The van der Waals surface area contributed by atoms with E-state index in [2.05, 4.69) is 31.3 Å². The summed E-state index contributed by atoms with van der Waals surface area (Å²) in [7, 11) is 1.31. The molecule has 8 nitrogen and oxygen atoms in total. The summed E-state index contributed by atoms with van der Waals surface area (Å²) in [6.45, 7) is 4.72. The van der Waals surface area contributed by atoms with Crippen molar-refractivity contribution in [3.8, 4) is 0 Å². The van der Waals surface area contributed by atoms with Crippen LogP contribution >= 0.6 is 7.82 Å². The van der Waals surface area contributed by atoms with Crippen molar-refractivity contribution in [1.29, 1.82) is 0 Å². The van der Waals surface area contributed by atoms with E-state index in [1.807, 2.05) is 21.1 Å². The lowest BCUT2D eigenvalue weighted by atomic mass is 10.0. The van der Waals surface area contributed by atoms with E-state index >= 15 is 0 Å². The number of aliphatic hydroxyl groups is 1. The first-order valence-electron chi connectivity index (χ1n) is 24.5. The van der Waals surface area contributed by atoms with Gasteiger partial charge in [0.15, 0.2) is 0 Å². The zero-order chi connectivity index (χ0) is 42.1. The van der Waals surface area contributed by atoms with Crippen LogP contribution in [-0.4, -0.2) is 68.5 Å². The molecule has 9 heteroatoms. The lowest BCUT2D eigenvalue weighted by molar-refractivity contribution is -0.870. The molecule has 0 aromatic heterocycles. The van der Waals surface area contributed by atoms with Gasteiger partial charge in [0.1, 0.15) is 13.2 Å². The first-order chi connectivity index (χ1) is 27.5. The lowest BCUT2D eigenvalue weighted by Crippen LogP contribution is -2.46. The Labute approximate surface area is 354 Å². The number of likely N-dealkylation sites (N-methyl/N-ethyl adjacent to an activating group) is 1. The molecule has 0 rings (SSSR count). The van der Waals surface area contributed by atoms with Crippen LogP contribution in [-0.2, 0) is 18.4 Å². The van der Waals surface area contributed by atoms with Gasteiger partial charge in [-0.1, -0.05) is 206 Å². The predicted molar refractivity (Wildman–Crippen MR) is 242 cm³/mol. The Hall–Kier alpha value is -0.760. The number of amides is 1. The van der Waals surface area contributed by atoms with Gasteiger partial charge in [-0.25, -0.2) is 0 Å². The molecule has 340 valence electrons. The molecule has 0 aromatic carbocycles. The van der Waals surface area contributed by atoms with E-state index in [4.69, 9.17) is 9.05 Å². The van der Waals surface area contributed by atoms with Crippen molar-refractivity contribution in [2.24, 2.45) is 0 Å². The molecule has 2 N–H and O–H groups in total. The van der Waals surface area contributed by atoms with E-state index in [1.54, 1.807) is 0 Å². The molecule has 1 amide bonds. The summed E-state index contributed by atoms with van der Waals surface area (Å²) in [5.41, 5.74) is 0. The van der Waals surface area contributed by atoms with Gasteiger partial charge in [0.2, 0.25) is 5.91 Å². The van der Waals surface area contributed by atoms with E-state index in [9.17, 15) is 19.4 Å². The Kier molecular flexibility index (Phi) is 40.1. The molecule has 0 aliphatic rings. The molecule has 3 atom stereocenters. The Morgan fingerprint density at radius 3 is 1.37 bits per heavy atom. The summed E-state index contributed by atoms with van der Waals surface area (Å²) < 4.78 is 23.2. The van der Waals surface area contributed by atoms with E-state index in [-0.39, 0.29) is 19.1 Å². The fourth-order valence-electron chi connectivity index (χ4n) is 7.33. The Morgan fingerprint density at radius 1 is 0.596 bits per heavy atom. The van der Waals surface area contributed by atoms with Gasteiger partial charge in [-0.05, 0) is 38.5 Å². The first kappa shape index (κ1) is 56.2. The highest BCUT2D eigenvalue weighted by atomic mass is 31.2. The number of allylic oxidation sites excluding steroid dienone is 2. The maximum absolute atomic E-state index is 12.9. The molecular weight excluding hydrogens is 732 g/mol. The molecule has 0 aliphatic heterocycles. The molecule has 0 radical (unpaired) electrons. The third-order valence-corrected chi connectivity index (χ3v) is 12.2. The van der Waals surface area contributed by atoms with Crippen LogP contribution < -0.4 is 10.2 Å². The van der Waals surface area contributed by atoms with Crippen LogP contribution in [0.1, 0.15) is 239 Å². The van der Waals surface area contributed by atoms with Crippen molar-refractivity contribution >= 4 is 13.7 Å². The lowest BCUT2D eigenvalue weighted by Gasteiger charge is -2.30. The van der Waals surface area contributed by atoms with Crippen LogP contribution in [0.3, 0.4) is 0 Å². The minimum absolute atomic E-state index is 0.0135. The Morgan fingerprint density at radius 2 is 0.965 bits per heavy atom. The van der Waals surface area contributed by atoms with Crippen LogP contribution in [0.25, 0.3) is 0 Å². The molecule has 57 heavy (non-hydrogen) atoms. The average molecular weight is 829 g/mol. The van der Waals surface area contributed by atoms with E-state index in [1.165, 1.54) is 173 Å². The van der Waals surface area contributed by atoms with Gasteiger partial charge in [-0.15, -0.1) is 0 Å². The van der Waals surface area contributed by atoms with E-state index in [0.29, 0.717) is 23.9 Å². The third-order valence-electron chi connectivity index (χ3n) is 11.3. The number of nitrogens with one attached hydrogen (secondary N) is 1. The Balaban J connectivity index is 4.11. The number of rotatable bonds is 45. The number of hydrogen-bond donors (Lipinski definition) is 2. The third kappa shape index (κ3) is 43.1. The standard InChI is InChI=1S/C48H97N2O6P/c1-6-8-10-12-14-16-18-19-20-21-22-23-24-25-26-27-28-29-30-31-32-34-36-38-40-42-48(52)49-46(45-56-57(53,54)55-44-43-50(3,4)5)47(51)41-39-37-35-33-17-15-13-11-9-7-2/h25-26,46-47,51H,6-24,27-45H2,1-5H3,(H-,49,52,53,54)/b26-25-. The van der Waals surface area contributed by atoms with Crippen LogP contribution in [0, 0.1) is 0 Å². The average Bonchev–Trinajstić information content (AvgIpc) is 3.16. The minimum Gasteiger partial charge on any atom is -0.756 e. The van der Waals surface area contributed by atoms with E-state index < -0.39 is 20.0 Å². The van der Waals surface area contributed by atoms with Crippen molar-refractivity contribution in [2.45, 2.75) is 251 Å². The van der Waals surface area contributed by atoms with Crippen molar-refractivity contribution in [3.05, 3.63) is 12.2 Å². The summed E-state index contributed by atoms with van der Waals surface area (Å²) in [5.74, 6) is -0.166. The van der Waals surface area contributed by atoms with Gasteiger partial charge >= 0.3 is 0 Å². The number of unbranched alkanes of at least 4 members (excludes halogenated alkanes) is 30. The van der Waals surface area contributed by atoms with Crippen LogP contribution in [0.15, 0.2) is 12.2 Å². The van der Waals surface area contributed by atoms with Gasteiger partial charge in [-0.3, -0.25) is 9.36 Å². The smallest absolute Gasteiger partial charge is 0.268 e. The molecule has 0 heterocycles. The van der Waals surface area contributed by atoms with Crippen molar-refractivity contribution in [1.82, 2.24) is 5.32 Å². The fourth-order valence-corrected chi connectivity index (χ4v) is 8.05. The maximum atomic E-state index is 12.9. The molecule has 0 spiro atoms. The number of carbonyl (C=O) groups is 1. The summed E-state index contributed by atoms with van der Waals surface area (Å²) >= 11 is 0. The number of quaternary nitrogens is 1. The number of aliphatic hydroxyl groups excluding tert-OH is 1. The Bertz CT molecular complexity index is 942. The monoisotopic (exact) mass is 829 g/mol. The number of carbonyl (C=O) groups excluding carboxylic acids is 1. The SMILES string of the molecule is CCCCCCCCCCCCCC/C=C\CCCCCCCCCCCC(=O)NC(COP(=O)([O-])OCC[N+](C)(C)C)C(O)CCCCCCCCCCCC. The van der Waals surface area contributed by atoms with Crippen molar-refractivity contribution in [3.63, 3.8) is 0 Å². The summed E-state index contributed by atoms with van der Waals surface area (Å²) in [6.07, 6.45) is 46.6. The van der Waals surface area contributed by atoms with Crippen LogP contribution in [0.4, 0.5) is 0 Å². The molecule has 0 aliphatic carbocycles. The fraction of sp³-hybridized carbons (Fsp3) is 0.938. The number of phosphoric acid groups is 1. The molecular formula is C48H97N2O6P. The highest BCUT2D eigenvalue weighted by Gasteiger charge is 2.24. The van der Waals surface area contributed by atoms with Gasteiger partial charge in [0.25, 0.3) is 7.82 Å². The van der Waals surface area contributed by atoms with Crippen molar-refractivity contribution < 1.29 is 32.9 Å². The predicted octanol–water partition coefficient (Wildman–Crippen LogP) is 13.3. The second-order valence-electron chi connectivity index (χ2n) is 18.2. The molecule has 0 saturated carbocycles. The highest BCUT2D eigenvalue weighted by molar-refractivity contribution is 7.45. The van der Waals surface area contributed by atoms with Gasteiger partial charge in [0.05, 0.1) is 39.9 Å². The molecule has 3 unspecified atom stereocenters. The van der Waals surface area contributed by atoms with Crippen LogP contribution in [0.2, 0.25) is 0 Å². The molecule has 0 aromatic rings. The topological polar surface area (TPSA) is 108 Å². The van der Waals surface area contributed by atoms with E-state index in [0.717, 1.165) is 38.5 Å². The number of nitrogens with zero attached hydrogens (tertiary/aromatic N) is 1. The zero-order valence-corrected chi connectivity index (χ0v) is 39.5. The largest absolute Gasteiger partial charge is 0.756 e. The van der Waals surface area contributed by atoms with Gasteiger partial charge < -0.3 is 28.8 Å². The minimum atomic E-state index is -4.56. The molecule has 0 fully saturated rings. The number of hydrogen-bond acceptors (Lipinski definition) is 6. The quantitative estimate of drug-likeness (QED) is 0.0274. The van der Waals surface area contributed by atoms with Crippen LogP contribution in [0.5, 0.6) is 0 Å².